The predicted octanol–water partition coefficient (Wildman–Crippen LogP) is 2.53. The molecule has 0 aliphatic heterocycles. The zero-order valence-corrected chi connectivity index (χ0v) is 9.66. The van der Waals surface area contributed by atoms with E-state index in [1.807, 2.05) is 35.7 Å². The number of rotatable bonds is 3. The number of esters is 1. The van der Waals surface area contributed by atoms with Gasteiger partial charge >= 0.3 is 5.97 Å². The molecule has 0 atom stereocenters. The molecule has 3 nitrogen and oxygen atoms in total. The average Bonchev–Trinajstić information content (AvgIpc) is 2.78. The van der Waals surface area contributed by atoms with E-state index in [1.165, 1.54) is 18.4 Å². The topological polar surface area (TPSA) is 39.2 Å². The summed E-state index contributed by atoms with van der Waals surface area (Å²) < 4.78 is 4.59. The van der Waals surface area contributed by atoms with Gasteiger partial charge in [-0.3, -0.25) is 4.79 Å². The molecule has 0 aliphatic carbocycles. The third kappa shape index (κ3) is 2.46. The summed E-state index contributed by atoms with van der Waals surface area (Å²) in [6.45, 7) is 0. The van der Waals surface area contributed by atoms with Crippen LogP contribution in [0, 0.1) is 0 Å². The van der Waals surface area contributed by atoms with Crippen LogP contribution in [0.3, 0.4) is 0 Å². The van der Waals surface area contributed by atoms with Crippen LogP contribution in [0.5, 0.6) is 0 Å². The van der Waals surface area contributed by atoms with Crippen molar-refractivity contribution in [3.05, 3.63) is 41.4 Å². The average molecular weight is 233 g/mol. The van der Waals surface area contributed by atoms with Gasteiger partial charge in [-0.05, 0) is 0 Å². The smallest absolute Gasteiger partial charge is 0.311 e. The van der Waals surface area contributed by atoms with Crippen LogP contribution in [-0.2, 0) is 16.0 Å². The van der Waals surface area contributed by atoms with Gasteiger partial charge in [-0.15, -0.1) is 11.3 Å². The monoisotopic (exact) mass is 233 g/mol. The second kappa shape index (κ2) is 4.90. The van der Waals surface area contributed by atoms with Crippen LogP contribution in [0.4, 0.5) is 0 Å². The van der Waals surface area contributed by atoms with Gasteiger partial charge in [-0.1, -0.05) is 30.3 Å². The Kier molecular flexibility index (Phi) is 3.31. The number of hydrogen-bond acceptors (Lipinski definition) is 4. The van der Waals surface area contributed by atoms with Crippen LogP contribution in [0.25, 0.3) is 10.6 Å². The fourth-order valence-corrected chi connectivity index (χ4v) is 2.15. The second-order valence-corrected chi connectivity index (χ2v) is 4.12. The summed E-state index contributed by atoms with van der Waals surface area (Å²) in [5.41, 5.74) is 1.83. The summed E-state index contributed by atoms with van der Waals surface area (Å²) in [6.07, 6.45) is 0.236. The van der Waals surface area contributed by atoms with E-state index < -0.39 is 0 Å². The van der Waals surface area contributed by atoms with Crippen molar-refractivity contribution in [1.29, 1.82) is 0 Å². The maximum absolute atomic E-state index is 11.1. The Hall–Kier alpha value is -1.68. The first kappa shape index (κ1) is 10.8. The Bertz CT molecular complexity index is 479. The van der Waals surface area contributed by atoms with E-state index in [0.29, 0.717) is 0 Å². The van der Waals surface area contributed by atoms with Gasteiger partial charge in [0.15, 0.2) is 0 Å². The summed E-state index contributed by atoms with van der Waals surface area (Å²) in [7, 11) is 1.38. The maximum Gasteiger partial charge on any atom is 0.311 e. The summed E-state index contributed by atoms with van der Waals surface area (Å²) in [5, 5.41) is 2.82. The first-order valence-corrected chi connectivity index (χ1v) is 5.74. The molecule has 0 aliphatic rings. The van der Waals surface area contributed by atoms with Crippen molar-refractivity contribution in [2.24, 2.45) is 0 Å². The number of hydrogen-bond donors (Lipinski definition) is 0. The molecule has 0 amide bonds. The van der Waals surface area contributed by atoms with Crippen molar-refractivity contribution in [2.75, 3.05) is 7.11 Å². The van der Waals surface area contributed by atoms with Gasteiger partial charge in [-0.25, -0.2) is 4.98 Å². The minimum absolute atomic E-state index is 0.236. The molecule has 4 heteroatoms. The summed E-state index contributed by atoms with van der Waals surface area (Å²) in [4.78, 5) is 15.5. The summed E-state index contributed by atoms with van der Waals surface area (Å²) in [5.74, 6) is -0.259. The van der Waals surface area contributed by atoms with Gasteiger partial charge in [-0.2, -0.15) is 0 Å². The van der Waals surface area contributed by atoms with Crippen molar-refractivity contribution >= 4 is 17.3 Å². The Labute approximate surface area is 97.7 Å². The van der Waals surface area contributed by atoms with Crippen LogP contribution in [-0.4, -0.2) is 18.1 Å². The first-order valence-electron chi connectivity index (χ1n) is 4.86. The number of methoxy groups -OCH3 is 1. The van der Waals surface area contributed by atoms with Crippen LogP contribution >= 0.6 is 11.3 Å². The molecule has 0 radical (unpaired) electrons. The standard InChI is InChI=1S/C12H11NO2S/c1-15-11(14)7-10-8-16-12(13-10)9-5-3-2-4-6-9/h2-6,8H,7H2,1H3. The van der Waals surface area contributed by atoms with Gasteiger partial charge in [0.1, 0.15) is 5.01 Å². The highest BCUT2D eigenvalue weighted by Gasteiger charge is 2.08. The lowest BCUT2D eigenvalue weighted by atomic mass is 10.2. The lowest BCUT2D eigenvalue weighted by Crippen LogP contribution is -2.04. The Morgan fingerprint density at radius 2 is 2.12 bits per heavy atom. The third-order valence-electron chi connectivity index (χ3n) is 2.13. The first-order chi connectivity index (χ1) is 7.79. The SMILES string of the molecule is COC(=O)Cc1csc(-c2ccccc2)n1. The molecule has 1 aromatic carbocycles. The van der Waals surface area contributed by atoms with Gasteiger partial charge in [0.05, 0.1) is 19.2 Å². The number of thiazole rings is 1. The molecule has 1 aromatic heterocycles. The molecule has 0 saturated carbocycles. The van der Waals surface area contributed by atoms with E-state index in [9.17, 15) is 4.79 Å². The number of carbonyl (C=O) groups is 1. The van der Waals surface area contributed by atoms with E-state index >= 15 is 0 Å². The third-order valence-corrected chi connectivity index (χ3v) is 3.07. The van der Waals surface area contributed by atoms with Crippen molar-refractivity contribution < 1.29 is 9.53 Å². The highest BCUT2D eigenvalue weighted by atomic mass is 32.1. The van der Waals surface area contributed by atoms with Crippen LogP contribution in [0.1, 0.15) is 5.69 Å². The normalized spacial score (nSPS) is 10.1. The van der Waals surface area contributed by atoms with Crippen LogP contribution in [0.2, 0.25) is 0 Å². The number of benzene rings is 1. The number of ether oxygens (including phenoxy) is 1. The number of carbonyl (C=O) groups excluding carboxylic acids is 1. The largest absolute Gasteiger partial charge is 0.469 e. The zero-order valence-electron chi connectivity index (χ0n) is 8.84. The number of nitrogens with zero attached hydrogens (tertiary/aromatic N) is 1. The highest BCUT2D eigenvalue weighted by molar-refractivity contribution is 7.13. The molecule has 0 saturated heterocycles. The van der Waals surface area contributed by atoms with Gasteiger partial charge < -0.3 is 4.74 Å². The van der Waals surface area contributed by atoms with E-state index in [0.717, 1.165) is 16.3 Å². The van der Waals surface area contributed by atoms with E-state index in [2.05, 4.69) is 9.72 Å². The van der Waals surface area contributed by atoms with Gasteiger partial charge in [0, 0.05) is 10.9 Å². The minimum atomic E-state index is -0.259. The van der Waals surface area contributed by atoms with E-state index in [-0.39, 0.29) is 12.4 Å². The van der Waals surface area contributed by atoms with Crippen molar-refractivity contribution in [3.63, 3.8) is 0 Å². The van der Waals surface area contributed by atoms with Gasteiger partial charge in [0.2, 0.25) is 0 Å². The molecule has 82 valence electrons. The Morgan fingerprint density at radius 3 is 2.81 bits per heavy atom. The summed E-state index contributed by atoms with van der Waals surface area (Å²) >= 11 is 1.54. The molecule has 1 heterocycles. The number of aromatic nitrogens is 1. The van der Waals surface area contributed by atoms with Crippen LogP contribution in [0.15, 0.2) is 35.7 Å². The highest BCUT2D eigenvalue weighted by Crippen LogP contribution is 2.23. The molecule has 16 heavy (non-hydrogen) atoms. The predicted molar refractivity (Wildman–Crippen MR) is 63.3 cm³/mol. The Morgan fingerprint density at radius 1 is 1.38 bits per heavy atom. The fourth-order valence-electron chi connectivity index (χ4n) is 1.32. The molecule has 0 N–H and O–H groups in total. The molecule has 2 aromatic rings. The minimum Gasteiger partial charge on any atom is -0.469 e. The molecule has 2 rings (SSSR count). The van der Waals surface area contributed by atoms with Crippen LogP contribution < -0.4 is 0 Å². The van der Waals surface area contributed by atoms with E-state index in [4.69, 9.17) is 0 Å². The quantitative estimate of drug-likeness (QED) is 0.765. The molecule has 0 spiro atoms. The molecule has 0 fully saturated rings. The molecule has 0 bridgehead atoms. The molecular weight excluding hydrogens is 222 g/mol. The summed E-state index contributed by atoms with van der Waals surface area (Å²) in [6, 6.07) is 9.90. The molecular formula is C12H11NO2S. The fraction of sp³-hybridized carbons (Fsp3) is 0.167. The lowest BCUT2D eigenvalue weighted by Gasteiger charge is -1.95. The Balaban J connectivity index is 2.17. The second-order valence-electron chi connectivity index (χ2n) is 3.26. The van der Waals surface area contributed by atoms with Crippen molar-refractivity contribution in [1.82, 2.24) is 4.98 Å². The molecule has 0 unspecified atom stereocenters. The lowest BCUT2D eigenvalue weighted by molar-refractivity contribution is -0.139. The zero-order chi connectivity index (χ0) is 11.4. The van der Waals surface area contributed by atoms with Crippen molar-refractivity contribution in [2.45, 2.75) is 6.42 Å². The van der Waals surface area contributed by atoms with E-state index in [1.54, 1.807) is 0 Å². The van der Waals surface area contributed by atoms with Crippen molar-refractivity contribution in [3.8, 4) is 10.6 Å². The van der Waals surface area contributed by atoms with Gasteiger partial charge in [0.25, 0.3) is 0 Å². The maximum atomic E-state index is 11.1.